The molecule has 2 amide bonds. The molecule has 0 bridgehead atoms. The molecular weight excluding hydrogens is 449 g/mol. The molecule has 0 saturated carbocycles. The van der Waals surface area contributed by atoms with Crippen molar-refractivity contribution in [2.45, 2.75) is 37.8 Å². The first kappa shape index (κ1) is 25.7. The van der Waals surface area contributed by atoms with E-state index < -0.39 is 58.4 Å². The summed E-state index contributed by atoms with van der Waals surface area (Å²) in [6, 6.07) is 4.44. The van der Waals surface area contributed by atoms with Gasteiger partial charge in [-0.25, -0.2) is 17.1 Å². The summed E-state index contributed by atoms with van der Waals surface area (Å²) in [5.74, 6) is -2.09. The topological polar surface area (TPSA) is 74.8 Å². The van der Waals surface area contributed by atoms with Crippen molar-refractivity contribution >= 4 is 33.2 Å². The minimum absolute atomic E-state index is 0.0300. The van der Waals surface area contributed by atoms with Gasteiger partial charge in [-0.1, -0.05) is 0 Å². The summed E-state index contributed by atoms with van der Waals surface area (Å²) in [7, 11) is -3.11. The molecule has 0 spiro atoms. The third-order valence-electron chi connectivity index (χ3n) is 4.08. The molecule has 170 valence electrons. The van der Waals surface area contributed by atoms with Crippen molar-refractivity contribution in [3.05, 3.63) is 24.3 Å². The van der Waals surface area contributed by atoms with Crippen LogP contribution in [0.25, 0.3) is 0 Å². The van der Waals surface area contributed by atoms with E-state index in [1.807, 2.05) is 0 Å². The number of hydrogen-bond acceptors (Lipinski definition) is 4. The largest absolute Gasteiger partial charge is 0.431 e. The summed E-state index contributed by atoms with van der Waals surface area (Å²) < 4.78 is 113. The van der Waals surface area contributed by atoms with Crippen LogP contribution in [0.3, 0.4) is 0 Å². The number of nitrogens with zero attached hydrogens (tertiary/aromatic N) is 2. The molecule has 1 aromatic carbocycles. The molecule has 1 aromatic rings. The normalized spacial score (nSPS) is 13.1. The lowest BCUT2D eigenvalue weighted by atomic mass is 9.98. The second-order valence-corrected chi connectivity index (χ2v) is 8.14. The van der Waals surface area contributed by atoms with Gasteiger partial charge >= 0.3 is 12.4 Å². The second-order valence-electron chi connectivity index (χ2n) is 6.31. The van der Waals surface area contributed by atoms with Crippen molar-refractivity contribution < 1.29 is 48.7 Å². The first-order valence-corrected chi connectivity index (χ1v) is 9.87. The van der Waals surface area contributed by atoms with E-state index in [-0.39, 0.29) is 9.99 Å². The Balaban J connectivity index is 3.23. The lowest BCUT2D eigenvalue weighted by Gasteiger charge is -2.30. The Morgan fingerprint density at radius 2 is 1.30 bits per heavy atom. The number of halogens is 7. The number of rotatable bonds is 6. The Labute approximate surface area is 167 Å². The van der Waals surface area contributed by atoms with Gasteiger partial charge in [0.25, 0.3) is 5.67 Å². The average Bonchev–Trinajstić information content (AvgIpc) is 2.56. The molecule has 0 aliphatic carbocycles. The van der Waals surface area contributed by atoms with Gasteiger partial charge < -0.3 is 4.90 Å². The first-order valence-electron chi connectivity index (χ1n) is 8.03. The number of alkyl halides is 7. The van der Waals surface area contributed by atoms with Gasteiger partial charge in [0.1, 0.15) is 0 Å². The zero-order valence-electron chi connectivity index (χ0n) is 15.8. The van der Waals surface area contributed by atoms with Crippen LogP contribution in [0.2, 0.25) is 0 Å². The maximum absolute atomic E-state index is 13.7. The van der Waals surface area contributed by atoms with Crippen LogP contribution in [-0.2, 0) is 19.6 Å². The lowest BCUT2D eigenvalue weighted by Crippen LogP contribution is -2.53. The highest BCUT2D eigenvalue weighted by Crippen LogP contribution is 2.49. The molecule has 0 radical (unpaired) electrons. The summed E-state index contributed by atoms with van der Waals surface area (Å²) in [5.41, 5.74) is -5.83. The fourth-order valence-electron chi connectivity index (χ4n) is 2.34. The summed E-state index contributed by atoms with van der Waals surface area (Å²) in [5, 5.41) is 0. The number of carbonyl (C=O) groups excluding carboxylic acids is 2. The third-order valence-corrected chi connectivity index (χ3v) is 5.16. The van der Waals surface area contributed by atoms with Crippen LogP contribution in [0.4, 0.5) is 42.1 Å². The highest BCUT2D eigenvalue weighted by atomic mass is 32.2. The Bertz CT molecular complexity index is 882. The van der Waals surface area contributed by atoms with Gasteiger partial charge in [0.05, 0.1) is 11.9 Å². The summed E-state index contributed by atoms with van der Waals surface area (Å²) in [6.45, 7) is 1.23. The molecule has 0 aromatic heterocycles. The van der Waals surface area contributed by atoms with Gasteiger partial charge in [0.2, 0.25) is 21.8 Å². The number of hydrogen-bond donors (Lipinski definition) is 0. The quantitative estimate of drug-likeness (QED) is 0.601. The summed E-state index contributed by atoms with van der Waals surface area (Å²) in [6.07, 6.45) is -16.3. The Hall–Kier alpha value is -2.38. The van der Waals surface area contributed by atoms with Crippen molar-refractivity contribution in [3.63, 3.8) is 0 Å². The van der Waals surface area contributed by atoms with Gasteiger partial charge in [-0.05, 0) is 24.3 Å². The zero-order chi connectivity index (χ0) is 23.7. The lowest BCUT2D eigenvalue weighted by molar-refractivity contribution is -0.342. The second kappa shape index (κ2) is 8.40. The van der Waals surface area contributed by atoms with Crippen LogP contribution in [0, 0.1) is 0 Å². The van der Waals surface area contributed by atoms with Gasteiger partial charge in [0, 0.05) is 32.5 Å². The Morgan fingerprint density at radius 1 is 0.900 bits per heavy atom. The summed E-state index contributed by atoms with van der Waals surface area (Å²) in [4.78, 5) is 24.7. The molecule has 6 nitrogen and oxygen atoms in total. The smallest absolute Gasteiger partial charge is 0.316 e. The molecule has 0 atom stereocenters. The van der Waals surface area contributed by atoms with Gasteiger partial charge in [-0.15, -0.1) is 0 Å². The molecular formula is C16H17F7N2O4S. The predicted molar refractivity (Wildman–Crippen MR) is 93.0 cm³/mol. The molecule has 14 heteroatoms. The fraction of sp³-hybridized carbons (Fsp3) is 0.500. The fourth-order valence-corrected chi connectivity index (χ4v) is 3.30. The van der Waals surface area contributed by atoms with E-state index in [2.05, 4.69) is 0 Å². The van der Waals surface area contributed by atoms with E-state index in [1.165, 1.54) is 26.1 Å². The van der Waals surface area contributed by atoms with Crippen molar-refractivity contribution in [2.24, 2.45) is 0 Å². The maximum atomic E-state index is 13.7. The number of anilines is 2. The summed E-state index contributed by atoms with van der Waals surface area (Å²) >= 11 is 0. The van der Waals surface area contributed by atoms with Gasteiger partial charge in [-0.3, -0.25) is 9.59 Å². The van der Waals surface area contributed by atoms with Crippen LogP contribution in [-0.4, -0.2) is 51.6 Å². The maximum Gasteiger partial charge on any atom is 0.431 e. The SMILES string of the molecule is CC(=O)N(C)c1ccc(N(C(=O)CCC(F)(C(F)(F)F)C(F)(F)F)S(C)(=O)=O)cc1. The first-order chi connectivity index (χ1) is 13.3. The number of benzene rings is 1. The number of sulfonamides is 1. The van der Waals surface area contributed by atoms with E-state index >= 15 is 0 Å². The molecule has 0 N–H and O–H groups in total. The molecule has 0 aliphatic rings. The van der Waals surface area contributed by atoms with Crippen molar-refractivity contribution in [2.75, 3.05) is 22.5 Å². The van der Waals surface area contributed by atoms with E-state index in [0.717, 1.165) is 17.0 Å². The molecule has 1 rings (SSSR count). The molecule has 30 heavy (non-hydrogen) atoms. The van der Waals surface area contributed by atoms with Crippen LogP contribution in [0.1, 0.15) is 19.8 Å². The Kier molecular flexibility index (Phi) is 7.18. The Morgan fingerprint density at radius 3 is 1.63 bits per heavy atom. The molecule has 0 saturated heterocycles. The molecule has 0 unspecified atom stereocenters. The van der Waals surface area contributed by atoms with E-state index in [1.54, 1.807) is 0 Å². The molecule has 0 fully saturated rings. The van der Waals surface area contributed by atoms with E-state index in [0.29, 0.717) is 6.26 Å². The van der Waals surface area contributed by atoms with Crippen LogP contribution < -0.4 is 9.21 Å². The van der Waals surface area contributed by atoms with Crippen molar-refractivity contribution in [1.29, 1.82) is 0 Å². The van der Waals surface area contributed by atoms with Gasteiger partial charge in [0.15, 0.2) is 0 Å². The standard InChI is InChI=1S/C16H17F7N2O4S/c1-10(26)24(2)11-4-6-12(7-5-11)25(30(3,28)29)13(27)8-9-14(17,15(18,19)20)16(21,22)23/h4-7H,8-9H2,1-3H3. The number of amides is 2. The zero-order valence-corrected chi connectivity index (χ0v) is 16.6. The predicted octanol–water partition coefficient (Wildman–Crippen LogP) is 3.58. The van der Waals surface area contributed by atoms with Crippen LogP contribution >= 0.6 is 0 Å². The highest BCUT2D eigenvalue weighted by Gasteiger charge is 2.72. The van der Waals surface area contributed by atoms with E-state index in [9.17, 15) is 48.7 Å². The molecule has 0 aliphatic heterocycles. The third kappa shape index (κ3) is 5.40. The minimum atomic E-state index is -6.36. The van der Waals surface area contributed by atoms with Crippen molar-refractivity contribution in [3.8, 4) is 0 Å². The van der Waals surface area contributed by atoms with E-state index in [4.69, 9.17) is 0 Å². The van der Waals surface area contributed by atoms with Crippen LogP contribution in [0.15, 0.2) is 24.3 Å². The number of carbonyl (C=O) groups is 2. The highest BCUT2D eigenvalue weighted by molar-refractivity contribution is 7.92. The monoisotopic (exact) mass is 466 g/mol. The van der Waals surface area contributed by atoms with Crippen LogP contribution in [0.5, 0.6) is 0 Å². The average molecular weight is 466 g/mol. The van der Waals surface area contributed by atoms with Gasteiger partial charge in [-0.2, -0.15) is 26.3 Å². The molecule has 0 heterocycles. The minimum Gasteiger partial charge on any atom is -0.316 e. The van der Waals surface area contributed by atoms with Crippen molar-refractivity contribution in [1.82, 2.24) is 0 Å².